The molecular weight excluding hydrogens is 697 g/mol. The topological polar surface area (TPSA) is 116 Å². The number of nitrogens with one attached hydrogen (secondary N) is 2. The number of amides is 2. The van der Waals surface area contributed by atoms with E-state index in [9.17, 15) is 9.59 Å². The molecule has 286 valence electrons. The van der Waals surface area contributed by atoms with Crippen LogP contribution in [0.3, 0.4) is 0 Å². The minimum Gasteiger partial charge on any atom is -0.355 e. The Kier molecular flexibility index (Phi) is 11.1. The summed E-state index contributed by atoms with van der Waals surface area (Å²) in [6.45, 7) is 8.15. The minimum atomic E-state index is -0.0444. The standard InChI is InChI=1S/C23H24N4O.C23H26N4O/c28-23(25-19-9-10-19)17-6-4-16(5-7-17)18-8-11-20-21(14-18)26-22(15-24-20)27-12-2-1-3-13-27;1-16(2)25-23(28)18-8-6-17(7-9-18)19-10-11-20-21(14-19)26-22(15-24-20)27-12-4-3-5-13-27/h4-8,11,14-15,19H,1-3,9-10,12-13H2,(H,25,28);6-11,14-16H,3-5,12-13H2,1-2H3,(H,25,28). The molecule has 0 bridgehead atoms. The van der Waals surface area contributed by atoms with Gasteiger partial charge in [-0.2, -0.15) is 0 Å². The van der Waals surface area contributed by atoms with Crippen LogP contribution in [0.1, 0.15) is 85.9 Å². The smallest absolute Gasteiger partial charge is 0.251 e. The van der Waals surface area contributed by atoms with Crippen molar-refractivity contribution in [3.05, 3.63) is 108 Å². The summed E-state index contributed by atoms with van der Waals surface area (Å²) in [6, 6.07) is 28.3. The molecule has 4 heterocycles. The second-order valence-corrected chi connectivity index (χ2v) is 15.5. The highest BCUT2D eigenvalue weighted by atomic mass is 16.2. The number of carbonyl (C=O) groups is 2. The van der Waals surface area contributed by atoms with E-state index in [0.29, 0.717) is 17.2 Å². The highest BCUT2D eigenvalue weighted by Gasteiger charge is 2.24. The van der Waals surface area contributed by atoms with E-state index < -0.39 is 0 Å². The zero-order valence-electron chi connectivity index (χ0n) is 32.4. The van der Waals surface area contributed by atoms with Gasteiger partial charge in [0, 0.05) is 49.4 Å². The van der Waals surface area contributed by atoms with Gasteiger partial charge in [-0.25, -0.2) is 9.97 Å². The van der Waals surface area contributed by atoms with Gasteiger partial charge in [0.1, 0.15) is 11.6 Å². The molecule has 10 heteroatoms. The Balaban J connectivity index is 0.000000157. The summed E-state index contributed by atoms with van der Waals surface area (Å²) in [5.74, 6) is 1.91. The second-order valence-electron chi connectivity index (χ2n) is 15.5. The molecule has 2 aromatic heterocycles. The van der Waals surface area contributed by atoms with E-state index in [-0.39, 0.29) is 17.9 Å². The SMILES string of the molecule is CC(C)NC(=O)c1ccc(-c2ccc3ncc(N4CCCCC4)nc3c2)cc1.O=C(NC1CC1)c1ccc(-c2ccc3ncc(N4CCCCC4)nc3c2)cc1. The number of anilines is 2. The third-order valence-corrected chi connectivity index (χ3v) is 10.7. The van der Waals surface area contributed by atoms with Gasteiger partial charge in [0.25, 0.3) is 11.8 Å². The van der Waals surface area contributed by atoms with Crippen molar-refractivity contribution in [1.82, 2.24) is 30.6 Å². The fourth-order valence-corrected chi connectivity index (χ4v) is 7.38. The molecule has 1 aliphatic carbocycles. The molecule has 0 spiro atoms. The van der Waals surface area contributed by atoms with Crippen LogP contribution < -0.4 is 20.4 Å². The number of carbonyl (C=O) groups excluding carboxylic acids is 2. The van der Waals surface area contributed by atoms with Gasteiger partial charge in [-0.1, -0.05) is 36.4 Å². The molecule has 3 aliphatic rings. The van der Waals surface area contributed by atoms with Crippen LogP contribution in [0.2, 0.25) is 0 Å². The largest absolute Gasteiger partial charge is 0.355 e. The summed E-state index contributed by atoms with van der Waals surface area (Å²) >= 11 is 0. The first-order valence-corrected chi connectivity index (χ1v) is 20.2. The predicted molar refractivity (Wildman–Crippen MR) is 225 cm³/mol. The lowest BCUT2D eigenvalue weighted by atomic mass is 10.0. The summed E-state index contributed by atoms with van der Waals surface area (Å²) < 4.78 is 0. The maximum atomic E-state index is 12.2. The molecule has 10 nitrogen and oxygen atoms in total. The van der Waals surface area contributed by atoms with Gasteiger partial charge in [0.15, 0.2) is 0 Å². The van der Waals surface area contributed by atoms with Gasteiger partial charge in [-0.3, -0.25) is 19.6 Å². The Bertz CT molecular complexity index is 2150. The van der Waals surface area contributed by atoms with Crippen molar-refractivity contribution in [3.8, 4) is 22.3 Å². The van der Waals surface area contributed by atoms with E-state index in [1.54, 1.807) is 0 Å². The van der Waals surface area contributed by atoms with Crippen LogP contribution in [0, 0.1) is 0 Å². The molecule has 4 aromatic carbocycles. The number of piperidine rings is 2. The maximum absolute atomic E-state index is 12.2. The normalized spacial score (nSPS) is 15.7. The first-order valence-electron chi connectivity index (χ1n) is 20.2. The van der Waals surface area contributed by atoms with Gasteiger partial charge < -0.3 is 20.4 Å². The van der Waals surface area contributed by atoms with Crippen molar-refractivity contribution in [1.29, 1.82) is 0 Å². The molecule has 2 saturated heterocycles. The van der Waals surface area contributed by atoms with Gasteiger partial charge in [0.2, 0.25) is 0 Å². The van der Waals surface area contributed by atoms with E-state index in [1.165, 1.54) is 38.5 Å². The molecular formula is C46H50N8O2. The van der Waals surface area contributed by atoms with Crippen molar-refractivity contribution in [3.63, 3.8) is 0 Å². The first kappa shape index (κ1) is 37.0. The summed E-state index contributed by atoms with van der Waals surface area (Å²) in [5, 5.41) is 5.95. The molecule has 2 N–H and O–H groups in total. The van der Waals surface area contributed by atoms with Gasteiger partial charge in [0.05, 0.1) is 34.5 Å². The Morgan fingerprint density at radius 2 is 0.982 bits per heavy atom. The second kappa shape index (κ2) is 16.9. The quantitative estimate of drug-likeness (QED) is 0.159. The average Bonchev–Trinajstić information content (AvgIpc) is 4.07. The molecule has 6 aromatic rings. The number of benzene rings is 4. The van der Waals surface area contributed by atoms with Crippen LogP contribution in [0.25, 0.3) is 44.3 Å². The highest BCUT2D eigenvalue weighted by molar-refractivity contribution is 5.96. The predicted octanol–water partition coefficient (Wildman–Crippen LogP) is 8.60. The van der Waals surface area contributed by atoms with Crippen molar-refractivity contribution in [2.75, 3.05) is 36.0 Å². The molecule has 2 aliphatic heterocycles. The summed E-state index contributed by atoms with van der Waals surface area (Å²) in [4.78, 5) is 47.9. The Morgan fingerprint density at radius 1 is 0.554 bits per heavy atom. The summed E-state index contributed by atoms with van der Waals surface area (Å²) in [5.41, 5.74) is 9.32. The lowest BCUT2D eigenvalue weighted by Crippen LogP contribution is -2.30. The molecule has 2 amide bonds. The fourth-order valence-electron chi connectivity index (χ4n) is 7.38. The number of hydrogen-bond acceptors (Lipinski definition) is 8. The van der Waals surface area contributed by atoms with Crippen molar-refractivity contribution >= 4 is 45.5 Å². The minimum absolute atomic E-state index is 0.0181. The zero-order valence-corrected chi connectivity index (χ0v) is 32.4. The Hall–Kier alpha value is -5.90. The molecule has 0 atom stereocenters. The average molecular weight is 747 g/mol. The first-order chi connectivity index (χ1) is 27.4. The Labute approximate surface area is 328 Å². The number of aromatic nitrogens is 4. The molecule has 3 fully saturated rings. The monoisotopic (exact) mass is 746 g/mol. The highest BCUT2D eigenvalue weighted by Crippen LogP contribution is 2.28. The van der Waals surface area contributed by atoms with Crippen molar-refractivity contribution in [2.24, 2.45) is 0 Å². The van der Waals surface area contributed by atoms with E-state index >= 15 is 0 Å². The van der Waals surface area contributed by atoms with Crippen LogP contribution in [-0.4, -0.2) is 70.0 Å². The van der Waals surface area contributed by atoms with E-state index in [0.717, 1.165) is 95.0 Å². The van der Waals surface area contributed by atoms with Gasteiger partial charge in [-0.05, 0) is 136 Å². The van der Waals surface area contributed by atoms with Crippen LogP contribution in [0.15, 0.2) is 97.3 Å². The molecule has 1 saturated carbocycles. The van der Waals surface area contributed by atoms with Gasteiger partial charge in [-0.15, -0.1) is 0 Å². The van der Waals surface area contributed by atoms with Crippen LogP contribution in [-0.2, 0) is 0 Å². The summed E-state index contributed by atoms with van der Waals surface area (Å²) in [7, 11) is 0. The molecule has 56 heavy (non-hydrogen) atoms. The lowest BCUT2D eigenvalue weighted by molar-refractivity contribution is 0.0937. The van der Waals surface area contributed by atoms with E-state index in [4.69, 9.17) is 9.97 Å². The number of rotatable bonds is 8. The van der Waals surface area contributed by atoms with Gasteiger partial charge >= 0.3 is 0 Å². The maximum Gasteiger partial charge on any atom is 0.251 e. The van der Waals surface area contributed by atoms with Crippen LogP contribution in [0.5, 0.6) is 0 Å². The van der Waals surface area contributed by atoms with E-state index in [2.05, 4.69) is 54.7 Å². The molecule has 0 radical (unpaired) electrons. The zero-order chi connectivity index (χ0) is 38.4. The lowest BCUT2D eigenvalue weighted by Gasteiger charge is -2.27. The summed E-state index contributed by atoms with van der Waals surface area (Å²) in [6.07, 6.45) is 13.5. The third-order valence-electron chi connectivity index (χ3n) is 10.7. The third kappa shape index (κ3) is 8.96. The molecule has 9 rings (SSSR count). The van der Waals surface area contributed by atoms with Crippen molar-refractivity contribution < 1.29 is 9.59 Å². The number of fused-ring (bicyclic) bond motifs is 2. The van der Waals surface area contributed by atoms with Crippen LogP contribution in [0.4, 0.5) is 11.6 Å². The fraction of sp³-hybridized carbons (Fsp3) is 0.348. The number of hydrogen-bond donors (Lipinski definition) is 2. The van der Waals surface area contributed by atoms with Crippen LogP contribution >= 0.6 is 0 Å². The number of nitrogens with zero attached hydrogens (tertiary/aromatic N) is 6. The Morgan fingerprint density at radius 3 is 1.41 bits per heavy atom. The molecule has 0 unspecified atom stereocenters. The van der Waals surface area contributed by atoms with Crippen molar-refractivity contribution in [2.45, 2.75) is 77.3 Å². The van der Waals surface area contributed by atoms with E-state index in [1.807, 2.05) is 86.9 Å².